The minimum absolute atomic E-state index is 0.0459. The number of benzene rings is 1. The minimum Gasteiger partial charge on any atom is -0.382 e. The molecule has 0 spiro atoms. The third kappa shape index (κ3) is 3.55. The number of amides is 1. The molecule has 0 atom stereocenters. The monoisotopic (exact) mass is 262 g/mol. The molecule has 0 aromatic heterocycles. The van der Waals surface area contributed by atoms with Crippen molar-refractivity contribution in [3.8, 4) is 0 Å². The van der Waals surface area contributed by atoms with Crippen molar-refractivity contribution < 1.29 is 9.53 Å². The zero-order chi connectivity index (χ0) is 13.9. The van der Waals surface area contributed by atoms with Crippen molar-refractivity contribution in [3.63, 3.8) is 0 Å². The Hall–Kier alpha value is -1.39. The number of rotatable bonds is 4. The van der Waals surface area contributed by atoms with Crippen molar-refractivity contribution >= 4 is 5.91 Å². The second-order valence-electron chi connectivity index (χ2n) is 5.68. The smallest absolute Gasteiger partial charge is 0.251 e. The molecule has 0 saturated heterocycles. The molecule has 1 aromatic carbocycles. The van der Waals surface area contributed by atoms with Gasteiger partial charge in [-0.3, -0.25) is 4.79 Å². The van der Waals surface area contributed by atoms with Crippen molar-refractivity contribution in [1.82, 2.24) is 10.6 Å². The summed E-state index contributed by atoms with van der Waals surface area (Å²) in [7, 11) is 1.64. The first kappa shape index (κ1) is 14.0. The summed E-state index contributed by atoms with van der Waals surface area (Å²) >= 11 is 0. The van der Waals surface area contributed by atoms with E-state index in [0.717, 1.165) is 19.5 Å². The van der Waals surface area contributed by atoms with E-state index in [9.17, 15) is 4.79 Å². The van der Waals surface area contributed by atoms with Crippen LogP contribution in [0.2, 0.25) is 0 Å². The van der Waals surface area contributed by atoms with Crippen molar-refractivity contribution in [2.75, 3.05) is 20.3 Å². The second kappa shape index (κ2) is 5.72. The average molecular weight is 262 g/mol. The number of methoxy groups -OCH3 is 1. The van der Waals surface area contributed by atoms with Gasteiger partial charge >= 0.3 is 0 Å². The van der Waals surface area contributed by atoms with Crippen LogP contribution in [0.25, 0.3) is 0 Å². The molecule has 19 heavy (non-hydrogen) atoms. The van der Waals surface area contributed by atoms with E-state index in [0.29, 0.717) is 12.2 Å². The first-order valence-corrected chi connectivity index (χ1v) is 6.66. The number of carbonyl (C=O) groups excluding carboxylic acids is 1. The molecule has 4 nitrogen and oxygen atoms in total. The lowest BCUT2D eigenvalue weighted by molar-refractivity contribution is 0.0820. The van der Waals surface area contributed by atoms with Crippen LogP contribution in [0.5, 0.6) is 0 Å². The predicted octanol–water partition coefficient (Wildman–Crippen LogP) is 1.49. The van der Waals surface area contributed by atoms with Gasteiger partial charge in [-0.1, -0.05) is 6.07 Å². The van der Waals surface area contributed by atoms with Crippen molar-refractivity contribution in [1.29, 1.82) is 0 Å². The van der Waals surface area contributed by atoms with Crippen LogP contribution in [-0.2, 0) is 17.7 Å². The second-order valence-corrected chi connectivity index (χ2v) is 5.68. The normalized spacial score (nSPS) is 14.9. The third-order valence-corrected chi connectivity index (χ3v) is 3.31. The summed E-state index contributed by atoms with van der Waals surface area (Å²) < 4.78 is 5.11. The highest BCUT2D eigenvalue weighted by Gasteiger charge is 2.21. The molecule has 0 aliphatic carbocycles. The number of ether oxygens (including phenoxy) is 1. The highest BCUT2D eigenvalue weighted by atomic mass is 16.5. The van der Waals surface area contributed by atoms with E-state index >= 15 is 0 Å². The van der Waals surface area contributed by atoms with Gasteiger partial charge in [-0.2, -0.15) is 0 Å². The minimum atomic E-state index is -0.361. The molecule has 2 N–H and O–H groups in total. The molecular formula is C15H22N2O2. The summed E-state index contributed by atoms with van der Waals surface area (Å²) in [6.45, 7) is 6.26. The van der Waals surface area contributed by atoms with Crippen molar-refractivity contribution in [2.45, 2.75) is 32.4 Å². The van der Waals surface area contributed by atoms with Gasteiger partial charge in [0.1, 0.15) is 0 Å². The van der Waals surface area contributed by atoms with Gasteiger partial charge in [-0.15, -0.1) is 0 Å². The summed E-state index contributed by atoms with van der Waals surface area (Å²) in [6, 6.07) is 5.95. The fraction of sp³-hybridized carbons (Fsp3) is 0.533. The molecule has 104 valence electrons. The molecule has 0 unspecified atom stereocenters. The summed E-state index contributed by atoms with van der Waals surface area (Å²) in [4.78, 5) is 12.2. The predicted molar refractivity (Wildman–Crippen MR) is 75.3 cm³/mol. The Morgan fingerprint density at radius 3 is 2.95 bits per heavy atom. The Morgan fingerprint density at radius 2 is 2.21 bits per heavy atom. The van der Waals surface area contributed by atoms with Gasteiger partial charge in [-0.05, 0) is 50.1 Å². The molecule has 1 aromatic rings. The first-order valence-electron chi connectivity index (χ1n) is 6.66. The van der Waals surface area contributed by atoms with Crippen LogP contribution < -0.4 is 10.6 Å². The molecule has 1 heterocycles. The number of nitrogens with one attached hydrogen (secondary N) is 2. The first-order chi connectivity index (χ1) is 9.02. The largest absolute Gasteiger partial charge is 0.382 e. The Bertz CT molecular complexity index is 469. The number of carbonyl (C=O) groups is 1. The molecule has 2 rings (SSSR count). The number of hydrogen-bond acceptors (Lipinski definition) is 3. The van der Waals surface area contributed by atoms with Crippen molar-refractivity contribution in [3.05, 3.63) is 34.9 Å². The van der Waals surface area contributed by atoms with Gasteiger partial charge in [0.25, 0.3) is 5.91 Å². The van der Waals surface area contributed by atoms with Gasteiger partial charge < -0.3 is 15.4 Å². The van der Waals surface area contributed by atoms with Crippen molar-refractivity contribution in [2.24, 2.45) is 0 Å². The molecule has 1 amide bonds. The Balaban J connectivity index is 2.11. The van der Waals surface area contributed by atoms with E-state index in [1.807, 2.05) is 26.0 Å². The number of fused-ring (bicyclic) bond motifs is 1. The average Bonchev–Trinajstić information content (AvgIpc) is 2.37. The van der Waals surface area contributed by atoms with E-state index in [2.05, 4.69) is 16.7 Å². The van der Waals surface area contributed by atoms with E-state index < -0.39 is 0 Å². The van der Waals surface area contributed by atoms with Crippen LogP contribution in [-0.4, -0.2) is 31.7 Å². The highest BCUT2D eigenvalue weighted by Crippen LogP contribution is 2.16. The van der Waals surface area contributed by atoms with Crippen LogP contribution in [0.1, 0.15) is 35.3 Å². The molecule has 1 aliphatic heterocycles. The summed E-state index contributed by atoms with van der Waals surface area (Å²) in [5.74, 6) is -0.0459. The van der Waals surface area contributed by atoms with Gasteiger partial charge in [0.2, 0.25) is 0 Å². The van der Waals surface area contributed by atoms with Gasteiger partial charge in [0, 0.05) is 19.2 Å². The van der Waals surface area contributed by atoms with Gasteiger partial charge in [0.05, 0.1) is 12.1 Å². The Labute approximate surface area is 114 Å². The fourth-order valence-corrected chi connectivity index (χ4v) is 2.40. The topological polar surface area (TPSA) is 50.4 Å². The summed E-state index contributed by atoms with van der Waals surface area (Å²) in [5.41, 5.74) is 2.92. The standard InChI is InChI=1S/C15H22N2O2/c1-15(2,10-19-3)17-14(18)12-5-4-11-6-7-16-9-13(11)8-12/h4-5,8,16H,6-7,9-10H2,1-3H3,(H,17,18). The molecule has 0 saturated carbocycles. The number of hydrogen-bond donors (Lipinski definition) is 2. The van der Waals surface area contributed by atoms with Crippen LogP contribution >= 0.6 is 0 Å². The molecule has 0 radical (unpaired) electrons. The van der Waals surface area contributed by atoms with Crippen LogP contribution in [0, 0.1) is 0 Å². The maximum Gasteiger partial charge on any atom is 0.251 e. The molecule has 1 aliphatic rings. The van der Waals surface area contributed by atoms with E-state index in [4.69, 9.17) is 4.74 Å². The zero-order valence-electron chi connectivity index (χ0n) is 11.9. The van der Waals surface area contributed by atoms with E-state index in [1.54, 1.807) is 7.11 Å². The van der Waals surface area contributed by atoms with Crippen LogP contribution in [0.15, 0.2) is 18.2 Å². The molecule has 0 bridgehead atoms. The summed E-state index contributed by atoms with van der Waals surface area (Å²) in [6.07, 6.45) is 1.03. The maximum atomic E-state index is 12.2. The quantitative estimate of drug-likeness (QED) is 0.864. The van der Waals surface area contributed by atoms with Crippen LogP contribution in [0.3, 0.4) is 0 Å². The molecule has 0 fully saturated rings. The van der Waals surface area contributed by atoms with Crippen LogP contribution in [0.4, 0.5) is 0 Å². The van der Waals surface area contributed by atoms with E-state index in [-0.39, 0.29) is 11.4 Å². The summed E-state index contributed by atoms with van der Waals surface area (Å²) in [5, 5.41) is 6.32. The third-order valence-electron chi connectivity index (χ3n) is 3.31. The molecular weight excluding hydrogens is 240 g/mol. The molecule has 4 heteroatoms. The maximum absolute atomic E-state index is 12.2. The lowest BCUT2D eigenvalue weighted by Gasteiger charge is -2.25. The Morgan fingerprint density at radius 1 is 1.42 bits per heavy atom. The Kier molecular flexibility index (Phi) is 4.22. The van der Waals surface area contributed by atoms with E-state index in [1.165, 1.54) is 11.1 Å². The lowest BCUT2D eigenvalue weighted by Crippen LogP contribution is -2.46. The zero-order valence-corrected chi connectivity index (χ0v) is 11.9. The highest BCUT2D eigenvalue weighted by molar-refractivity contribution is 5.95. The van der Waals surface area contributed by atoms with Gasteiger partial charge in [0.15, 0.2) is 0 Å². The van der Waals surface area contributed by atoms with Gasteiger partial charge in [-0.25, -0.2) is 0 Å². The SMILES string of the molecule is COCC(C)(C)NC(=O)c1ccc2c(c1)CNCC2. The lowest BCUT2D eigenvalue weighted by atomic mass is 9.97. The fourth-order valence-electron chi connectivity index (χ4n) is 2.40.